The van der Waals surface area contributed by atoms with Gasteiger partial charge in [0.2, 0.25) is 0 Å². The van der Waals surface area contributed by atoms with E-state index in [1.54, 1.807) is 6.20 Å². The largest absolute Gasteiger partial charge is 0.395 e. The molecule has 0 saturated carbocycles. The van der Waals surface area contributed by atoms with E-state index in [0.717, 1.165) is 0 Å². The molecule has 84 valence electrons. The second-order valence-corrected chi connectivity index (χ2v) is 3.15. The van der Waals surface area contributed by atoms with Crippen LogP contribution in [0.2, 0.25) is 0 Å². The third-order valence-corrected chi connectivity index (χ3v) is 2.09. The van der Waals surface area contributed by atoms with Crippen molar-refractivity contribution in [1.82, 2.24) is 14.9 Å². The fourth-order valence-corrected chi connectivity index (χ4v) is 1.34. The van der Waals surface area contributed by atoms with Crippen molar-refractivity contribution >= 4 is 11.5 Å². The Kier molecular flexibility index (Phi) is 2.63. The highest BCUT2D eigenvalue weighted by Crippen LogP contribution is 2.26. The fourth-order valence-electron chi connectivity index (χ4n) is 1.34. The van der Waals surface area contributed by atoms with Crippen LogP contribution in [0.25, 0.3) is 11.4 Å². The number of rotatable bonds is 3. The Bertz CT molecular complexity index is 479. The number of nitrogen functional groups attached to an aromatic ring is 2. The summed E-state index contributed by atoms with van der Waals surface area (Å²) in [6.07, 6.45) is 1.67. The van der Waals surface area contributed by atoms with Gasteiger partial charge in [0.1, 0.15) is 18.0 Å². The quantitative estimate of drug-likeness (QED) is 0.786. The van der Waals surface area contributed by atoms with Crippen LogP contribution in [-0.4, -0.2) is 21.5 Å². The van der Waals surface area contributed by atoms with E-state index in [4.69, 9.17) is 16.3 Å². The maximum atomic E-state index is 5.84. The monoisotopic (exact) mass is 219 g/mol. The average molecular weight is 219 g/mol. The highest BCUT2D eigenvalue weighted by molar-refractivity contribution is 5.78. The summed E-state index contributed by atoms with van der Waals surface area (Å²) in [6, 6.07) is 5.49. The highest BCUT2D eigenvalue weighted by atomic mass is 16.7. The second kappa shape index (κ2) is 4.09. The van der Waals surface area contributed by atoms with E-state index in [0.29, 0.717) is 29.5 Å². The van der Waals surface area contributed by atoms with Gasteiger partial charge in [0.05, 0.1) is 5.69 Å². The molecule has 0 bridgehead atoms. The molecule has 2 aromatic heterocycles. The predicted octanol–water partition coefficient (Wildman–Crippen LogP) is 0.558. The highest BCUT2D eigenvalue weighted by Gasteiger charge is 2.15. The molecule has 0 aliphatic heterocycles. The molecule has 2 aromatic rings. The molecule has 0 atom stereocenters. The molecule has 2 rings (SSSR count). The number of hydrogen-bond donors (Lipinski definition) is 2. The normalized spacial score (nSPS) is 10.3. The van der Waals surface area contributed by atoms with Gasteiger partial charge in [-0.15, -0.1) is 5.10 Å². The summed E-state index contributed by atoms with van der Waals surface area (Å²) in [5.74, 6) is 0.294. The minimum atomic E-state index is 0.294. The van der Waals surface area contributed by atoms with Gasteiger partial charge in [0.25, 0.3) is 0 Å². The van der Waals surface area contributed by atoms with Crippen molar-refractivity contribution in [2.75, 3.05) is 18.1 Å². The lowest BCUT2D eigenvalue weighted by atomic mass is 10.2. The van der Waals surface area contributed by atoms with Crippen LogP contribution in [-0.2, 0) is 0 Å². The van der Waals surface area contributed by atoms with Crippen molar-refractivity contribution < 1.29 is 4.84 Å². The van der Waals surface area contributed by atoms with E-state index in [-0.39, 0.29) is 0 Å². The molecule has 0 spiro atoms. The molecule has 0 fully saturated rings. The summed E-state index contributed by atoms with van der Waals surface area (Å²) in [5, 5.41) is 4.15. The molecule has 0 aliphatic carbocycles. The van der Waals surface area contributed by atoms with Gasteiger partial charge in [-0.3, -0.25) is 4.98 Å². The number of aromatic nitrogens is 3. The van der Waals surface area contributed by atoms with Gasteiger partial charge < -0.3 is 16.3 Å². The Morgan fingerprint density at radius 2 is 2.19 bits per heavy atom. The minimum Gasteiger partial charge on any atom is -0.395 e. The summed E-state index contributed by atoms with van der Waals surface area (Å²) in [4.78, 5) is 10.6. The SMILES string of the molecule is CCOn1nc(-c2ccccn2)c(N)c1N. The molecule has 0 unspecified atom stereocenters. The molecule has 0 amide bonds. The third-order valence-electron chi connectivity index (χ3n) is 2.09. The van der Waals surface area contributed by atoms with Crippen molar-refractivity contribution in [2.24, 2.45) is 0 Å². The first kappa shape index (κ1) is 10.3. The lowest BCUT2D eigenvalue weighted by Crippen LogP contribution is -2.15. The fraction of sp³-hybridized carbons (Fsp3) is 0.200. The Morgan fingerprint density at radius 1 is 1.38 bits per heavy atom. The molecule has 2 heterocycles. The molecule has 0 saturated heterocycles. The average Bonchev–Trinajstić information content (AvgIpc) is 2.59. The van der Waals surface area contributed by atoms with Gasteiger partial charge in [0.15, 0.2) is 5.82 Å². The molecule has 4 N–H and O–H groups in total. The van der Waals surface area contributed by atoms with Gasteiger partial charge in [-0.2, -0.15) is 0 Å². The minimum absolute atomic E-state index is 0.294. The summed E-state index contributed by atoms with van der Waals surface area (Å²) in [5.41, 5.74) is 13.2. The standard InChI is InChI=1S/C10H13N5O/c1-2-16-15-10(12)8(11)9(14-15)7-5-3-4-6-13-7/h3-6H,2,11-12H2,1H3. The maximum Gasteiger partial charge on any atom is 0.187 e. The Hall–Kier alpha value is -2.24. The maximum absolute atomic E-state index is 5.84. The first-order valence-electron chi connectivity index (χ1n) is 4.92. The van der Waals surface area contributed by atoms with E-state index in [1.807, 2.05) is 25.1 Å². The van der Waals surface area contributed by atoms with E-state index < -0.39 is 0 Å². The van der Waals surface area contributed by atoms with Crippen molar-refractivity contribution in [3.8, 4) is 11.4 Å². The van der Waals surface area contributed by atoms with Crippen molar-refractivity contribution in [2.45, 2.75) is 6.92 Å². The smallest absolute Gasteiger partial charge is 0.187 e. The van der Waals surface area contributed by atoms with Crippen LogP contribution in [0.4, 0.5) is 11.5 Å². The van der Waals surface area contributed by atoms with Crippen LogP contribution in [0.3, 0.4) is 0 Å². The topological polar surface area (TPSA) is 92.0 Å². The van der Waals surface area contributed by atoms with Crippen LogP contribution in [0, 0.1) is 0 Å². The lowest BCUT2D eigenvalue weighted by molar-refractivity contribution is 0.0984. The van der Waals surface area contributed by atoms with Gasteiger partial charge in [0, 0.05) is 6.20 Å². The number of anilines is 2. The molecule has 6 nitrogen and oxygen atoms in total. The summed E-state index contributed by atoms with van der Waals surface area (Å²) in [7, 11) is 0. The van der Waals surface area contributed by atoms with E-state index in [2.05, 4.69) is 10.1 Å². The number of nitrogens with two attached hydrogens (primary N) is 2. The van der Waals surface area contributed by atoms with Crippen molar-refractivity contribution in [3.05, 3.63) is 24.4 Å². The van der Waals surface area contributed by atoms with Gasteiger partial charge in [-0.1, -0.05) is 10.9 Å². The summed E-state index contributed by atoms with van der Waals surface area (Å²) < 4.78 is 0. The zero-order valence-corrected chi connectivity index (χ0v) is 8.92. The van der Waals surface area contributed by atoms with Gasteiger partial charge in [-0.05, 0) is 19.1 Å². The van der Waals surface area contributed by atoms with Crippen molar-refractivity contribution in [1.29, 1.82) is 0 Å². The van der Waals surface area contributed by atoms with Crippen LogP contribution in [0.5, 0.6) is 0 Å². The summed E-state index contributed by atoms with van der Waals surface area (Å²) in [6.45, 7) is 2.31. The zero-order valence-electron chi connectivity index (χ0n) is 8.92. The van der Waals surface area contributed by atoms with Crippen LogP contribution in [0.1, 0.15) is 6.92 Å². The number of nitrogens with zero attached hydrogens (tertiary/aromatic N) is 3. The molecule has 0 radical (unpaired) electrons. The first-order valence-corrected chi connectivity index (χ1v) is 4.92. The lowest BCUT2D eigenvalue weighted by Gasteiger charge is -2.01. The van der Waals surface area contributed by atoms with E-state index in [1.165, 1.54) is 4.85 Å². The summed E-state index contributed by atoms with van der Waals surface area (Å²) >= 11 is 0. The molecule has 0 aliphatic rings. The Morgan fingerprint density at radius 3 is 2.81 bits per heavy atom. The molecule has 0 aromatic carbocycles. The van der Waals surface area contributed by atoms with Gasteiger partial charge >= 0.3 is 0 Å². The van der Waals surface area contributed by atoms with Crippen LogP contribution >= 0.6 is 0 Å². The van der Waals surface area contributed by atoms with E-state index >= 15 is 0 Å². The number of hydrogen-bond acceptors (Lipinski definition) is 5. The van der Waals surface area contributed by atoms with Crippen LogP contribution in [0.15, 0.2) is 24.4 Å². The van der Waals surface area contributed by atoms with E-state index in [9.17, 15) is 0 Å². The molecular weight excluding hydrogens is 206 g/mol. The zero-order chi connectivity index (χ0) is 11.5. The second-order valence-electron chi connectivity index (χ2n) is 3.15. The first-order chi connectivity index (χ1) is 7.74. The number of pyridine rings is 1. The van der Waals surface area contributed by atoms with Crippen molar-refractivity contribution in [3.63, 3.8) is 0 Å². The predicted molar refractivity (Wildman–Crippen MR) is 61.4 cm³/mol. The third kappa shape index (κ3) is 1.65. The van der Waals surface area contributed by atoms with Crippen LogP contribution < -0.4 is 16.3 Å². The Labute approximate surface area is 92.8 Å². The molecule has 16 heavy (non-hydrogen) atoms. The molecule has 6 heteroatoms. The Balaban J connectivity index is 2.46. The molecular formula is C10H13N5O. The van der Waals surface area contributed by atoms with Gasteiger partial charge in [-0.25, -0.2) is 0 Å².